The van der Waals surface area contributed by atoms with Crippen molar-refractivity contribution in [2.45, 2.75) is 92.4 Å². The Hall–Kier alpha value is -1.13. The molecule has 0 aromatic carbocycles. The summed E-state index contributed by atoms with van der Waals surface area (Å²) in [5.41, 5.74) is 0. The van der Waals surface area contributed by atoms with Crippen molar-refractivity contribution >= 4 is 8.80 Å². The maximum Gasteiger partial charge on any atom is 0.500 e. The molecule has 41 heavy (non-hydrogen) atoms. The van der Waals surface area contributed by atoms with Gasteiger partial charge in [0.2, 0.25) is 0 Å². The summed E-state index contributed by atoms with van der Waals surface area (Å²) in [5.74, 6) is -46.2. The molecule has 0 aromatic heterocycles. The van der Waals surface area contributed by atoms with Crippen molar-refractivity contribution in [2.24, 2.45) is 0 Å². The molecular weight excluding hydrogens is 643 g/mol. The molecule has 0 fully saturated rings. The van der Waals surface area contributed by atoms with Crippen LogP contribution in [0, 0.1) is 0 Å². The number of alkyl halides is 17. The third-order valence-electron chi connectivity index (χ3n) is 5.70. The first-order valence-electron chi connectivity index (χ1n) is 11.1. The van der Waals surface area contributed by atoms with Gasteiger partial charge < -0.3 is 18.0 Å². The minimum absolute atomic E-state index is 0.527. The zero-order valence-electron chi connectivity index (χ0n) is 21.2. The van der Waals surface area contributed by atoms with Crippen molar-refractivity contribution in [3.05, 3.63) is 0 Å². The highest BCUT2D eigenvalue weighted by Gasteiger charge is 2.93. The van der Waals surface area contributed by atoms with Crippen LogP contribution in [0.3, 0.4) is 0 Å². The van der Waals surface area contributed by atoms with Crippen LogP contribution in [0.2, 0.25) is 6.04 Å². The van der Waals surface area contributed by atoms with Crippen LogP contribution in [0.1, 0.15) is 38.5 Å². The molecule has 0 N–H and O–H groups in total. The van der Waals surface area contributed by atoms with Crippen LogP contribution in [0.15, 0.2) is 0 Å². The minimum atomic E-state index is -8.27. The maximum atomic E-state index is 13.9. The van der Waals surface area contributed by atoms with Gasteiger partial charge in [0.15, 0.2) is 0 Å². The van der Waals surface area contributed by atoms with Gasteiger partial charge in [-0.15, -0.1) is 0 Å². The van der Waals surface area contributed by atoms with Gasteiger partial charge in [-0.2, -0.15) is 74.6 Å². The molecule has 0 saturated carbocycles. The fraction of sp³-hybridized carbons (Fsp3) is 1.00. The van der Waals surface area contributed by atoms with Gasteiger partial charge >= 0.3 is 56.6 Å². The molecule has 22 heteroatoms. The molecule has 0 atom stereocenters. The van der Waals surface area contributed by atoms with Gasteiger partial charge in [0, 0.05) is 40.2 Å². The molecule has 0 aliphatic heterocycles. The summed E-state index contributed by atoms with van der Waals surface area (Å²) >= 11 is 0. The van der Waals surface area contributed by atoms with Gasteiger partial charge in [-0.05, 0) is 19.3 Å². The Bertz CT molecular complexity index is 808. The summed E-state index contributed by atoms with van der Waals surface area (Å²) < 4.78 is 248. The maximum absolute atomic E-state index is 13.9. The van der Waals surface area contributed by atoms with Crippen LogP contribution in [-0.2, 0) is 18.0 Å². The summed E-state index contributed by atoms with van der Waals surface area (Å²) in [6.07, 6.45) is -20.1. The predicted molar refractivity (Wildman–Crippen MR) is 106 cm³/mol. The first-order chi connectivity index (χ1) is 18.1. The molecule has 0 aliphatic rings. The van der Waals surface area contributed by atoms with E-state index in [-0.39, 0.29) is 0 Å². The summed E-state index contributed by atoms with van der Waals surface area (Å²) in [6.45, 7) is -1.69. The molecule has 0 heterocycles. The van der Waals surface area contributed by atoms with Crippen molar-refractivity contribution in [1.82, 2.24) is 0 Å². The van der Waals surface area contributed by atoms with Crippen LogP contribution < -0.4 is 0 Å². The van der Waals surface area contributed by atoms with Crippen LogP contribution in [0.25, 0.3) is 0 Å². The Labute approximate surface area is 222 Å². The number of ether oxygens (including phenoxy) is 1. The molecular formula is C19H25F17O4Si. The molecule has 0 rings (SSSR count). The molecule has 0 spiro atoms. The molecule has 0 amide bonds. The van der Waals surface area contributed by atoms with Crippen molar-refractivity contribution in [3.8, 4) is 0 Å². The zero-order chi connectivity index (χ0) is 33.0. The van der Waals surface area contributed by atoms with E-state index in [0.29, 0.717) is 0 Å². The Kier molecular flexibility index (Phi) is 12.9. The summed E-state index contributed by atoms with van der Waals surface area (Å²) in [7, 11) is -0.600. The lowest BCUT2D eigenvalue weighted by molar-refractivity contribution is -0.466. The monoisotopic (exact) mass is 668 g/mol. The Balaban J connectivity index is 5.90. The smallest absolute Gasteiger partial charge is 0.377 e. The van der Waals surface area contributed by atoms with E-state index in [2.05, 4.69) is 4.74 Å². The van der Waals surface area contributed by atoms with Crippen LogP contribution >= 0.6 is 0 Å². The van der Waals surface area contributed by atoms with Gasteiger partial charge in [-0.25, -0.2) is 0 Å². The van der Waals surface area contributed by atoms with Crippen molar-refractivity contribution in [2.75, 3.05) is 27.9 Å². The lowest BCUT2D eigenvalue weighted by atomic mass is 9.89. The number of unbranched alkanes of at least 4 members (excludes halogenated alkanes) is 2. The van der Waals surface area contributed by atoms with Crippen LogP contribution in [0.5, 0.6) is 0 Å². The van der Waals surface area contributed by atoms with E-state index >= 15 is 0 Å². The second-order valence-corrected chi connectivity index (χ2v) is 11.6. The van der Waals surface area contributed by atoms with Crippen molar-refractivity contribution in [3.63, 3.8) is 0 Å². The minimum Gasteiger partial charge on any atom is -0.377 e. The van der Waals surface area contributed by atoms with E-state index in [1.165, 1.54) is 0 Å². The first kappa shape index (κ1) is 39.9. The molecule has 0 aliphatic carbocycles. The average Bonchev–Trinajstić information content (AvgIpc) is 2.82. The molecule has 0 bridgehead atoms. The van der Waals surface area contributed by atoms with E-state index in [1.807, 2.05) is 0 Å². The molecule has 0 saturated heterocycles. The Morgan fingerprint density at radius 1 is 0.463 bits per heavy atom. The second-order valence-electron chi connectivity index (χ2n) is 8.52. The lowest BCUT2D eigenvalue weighted by Gasteiger charge is -2.42. The van der Waals surface area contributed by atoms with E-state index in [4.69, 9.17) is 13.3 Å². The highest BCUT2D eigenvalue weighted by atomic mass is 28.4. The third kappa shape index (κ3) is 8.08. The van der Waals surface area contributed by atoms with E-state index in [9.17, 15) is 74.6 Å². The quantitative estimate of drug-likeness (QED) is 0.0791. The van der Waals surface area contributed by atoms with Gasteiger partial charge in [0.05, 0.1) is 6.61 Å². The third-order valence-corrected chi connectivity index (χ3v) is 8.53. The fourth-order valence-corrected chi connectivity index (χ4v) is 4.84. The molecule has 0 aromatic rings. The molecule has 4 nitrogen and oxygen atoms in total. The Morgan fingerprint density at radius 2 is 0.854 bits per heavy atom. The van der Waals surface area contributed by atoms with E-state index in [1.54, 1.807) is 0 Å². The summed E-state index contributed by atoms with van der Waals surface area (Å²) in [4.78, 5) is 0. The van der Waals surface area contributed by atoms with E-state index in [0.717, 1.165) is 21.3 Å². The van der Waals surface area contributed by atoms with E-state index < -0.39 is 108 Å². The number of hydrogen-bond donors (Lipinski definition) is 0. The zero-order valence-corrected chi connectivity index (χ0v) is 22.2. The predicted octanol–water partition coefficient (Wildman–Crippen LogP) is 8.19. The van der Waals surface area contributed by atoms with Gasteiger partial charge in [-0.3, -0.25) is 0 Å². The Morgan fingerprint density at radius 3 is 1.27 bits per heavy atom. The van der Waals surface area contributed by atoms with Gasteiger partial charge in [0.25, 0.3) is 0 Å². The second kappa shape index (κ2) is 13.2. The molecule has 0 unspecified atom stereocenters. The van der Waals surface area contributed by atoms with Gasteiger partial charge in [0.1, 0.15) is 0 Å². The number of rotatable bonds is 19. The molecule has 248 valence electrons. The summed E-state index contributed by atoms with van der Waals surface area (Å²) in [6, 6.07) is -0.527. The van der Waals surface area contributed by atoms with Crippen LogP contribution in [0.4, 0.5) is 74.6 Å². The lowest BCUT2D eigenvalue weighted by Crippen LogP contribution is -2.73. The number of hydrogen-bond acceptors (Lipinski definition) is 4. The van der Waals surface area contributed by atoms with Crippen molar-refractivity contribution in [1.29, 1.82) is 0 Å². The first-order valence-corrected chi connectivity index (χ1v) is 13.0. The number of halogens is 17. The topological polar surface area (TPSA) is 36.9 Å². The highest BCUT2D eigenvalue weighted by Crippen LogP contribution is 2.62. The SMILES string of the molecule is CO[Si](CCCOC(F)(F)C(F)(F)C(F)(F)C(F)(F)C(F)(F)C(F)(F)C(F)(F)CCCCCC(F)(F)F)(OC)OC. The normalized spacial score (nSPS) is 15.5. The highest BCUT2D eigenvalue weighted by molar-refractivity contribution is 6.60. The molecule has 0 radical (unpaired) electrons. The van der Waals surface area contributed by atoms with Gasteiger partial charge in [-0.1, -0.05) is 6.42 Å². The average molecular weight is 668 g/mol. The standard InChI is InChI=1S/C19H25F17O4Si/c1-37-41(38-2,39-3)11-7-10-40-19(35,36)18(33,34)17(31,32)16(29,30)15(27,28)14(25,26)12(20,21)8-5-4-6-9-13(22,23)24/h4-11H2,1-3H3. The largest absolute Gasteiger partial charge is 0.500 e. The van der Waals surface area contributed by atoms with Crippen LogP contribution in [-0.4, -0.2) is 84.6 Å². The fourth-order valence-electron chi connectivity index (χ4n) is 3.15. The van der Waals surface area contributed by atoms with Crippen molar-refractivity contribution < 1.29 is 92.7 Å². The summed E-state index contributed by atoms with van der Waals surface area (Å²) in [5, 5.41) is 0.